The lowest BCUT2D eigenvalue weighted by atomic mass is 10.1. The minimum absolute atomic E-state index is 0.00348. The number of esters is 2. The van der Waals surface area contributed by atoms with Crippen molar-refractivity contribution in [1.29, 1.82) is 0 Å². The Hall–Kier alpha value is -6.20. The van der Waals surface area contributed by atoms with Gasteiger partial charge in [0.1, 0.15) is 23.0 Å². The fraction of sp³-hybridized carbons (Fsp3) is 0.300. The molecule has 1 aliphatic rings. The molecule has 0 radical (unpaired) electrons. The molecule has 8 nitrogen and oxygen atoms in total. The van der Waals surface area contributed by atoms with E-state index in [0.717, 1.165) is 41.5 Å². The molecule has 0 N–H and O–H groups in total. The van der Waals surface area contributed by atoms with Crippen molar-refractivity contribution in [2.45, 2.75) is 84.2 Å². The number of benzene rings is 5. The highest BCUT2D eigenvalue weighted by Gasteiger charge is 2.30. The van der Waals surface area contributed by atoms with E-state index in [9.17, 15) is 27.6 Å². The highest BCUT2D eigenvalue weighted by atomic mass is 19.2. The van der Waals surface area contributed by atoms with E-state index in [-0.39, 0.29) is 29.6 Å². The van der Waals surface area contributed by atoms with Gasteiger partial charge in [0.05, 0.1) is 24.3 Å². The highest BCUT2D eigenvalue weighted by Crippen LogP contribution is 2.42. The number of carbonyl (C=O) groups excluding carboxylic acids is 3. The molecule has 0 saturated heterocycles. The Morgan fingerprint density at radius 3 is 1.89 bits per heavy atom. The van der Waals surface area contributed by atoms with E-state index >= 15 is 0 Å². The van der Waals surface area contributed by atoms with Gasteiger partial charge in [-0.15, -0.1) is 0 Å². The zero-order chi connectivity index (χ0) is 43.0. The van der Waals surface area contributed by atoms with E-state index in [2.05, 4.69) is 6.92 Å². The molecule has 0 aromatic heterocycles. The first-order chi connectivity index (χ1) is 29.7. The Morgan fingerprint density at radius 2 is 1.20 bits per heavy atom. The molecule has 0 bridgehead atoms. The second-order valence-corrected chi connectivity index (χ2v) is 14.8. The maximum absolute atomic E-state index is 14.0. The smallest absolute Gasteiger partial charge is 0.346 e. The molecule has 0 saturated carbocycles. The van der Waals surface area contributed by atoms with Crippen LogP contribution in [-0.4, -0.2) is 31.1 Å². The second kappa shape index (κ2) is 22.4. The summed E-state index contributed by atoms with van der Waals surface area (Å²) in [6, 6.07) is 28.2. The number of hydrogen-bond donors (Lipinski definition) is 0. The summed E-state index contributed by atoms with van der Waals surface area (Å²) in [5.74, 6) is -5.60. The SMILES string of the molecule is CCCCCCCCCCCCOc1ccc(OCOCc2ccc(C3=C(C(=O)c4ccc(OC(=O)c5cccc(OC(=O)c6ccc(F)c(F)c6F)c5)cc4)C3)cc2)cc1. The monoisotopic (exact) mass is 834 g/mol. The van der Waals surface area contributed by atoms with Gasteiger partial charge in [-0.25, -0.2) is 22.8 Å². The second-order valence-electron chi connectivity index (χ2n) is 14.8. The van der Waals surface area contributed by atoms with E-state index in [4.69, 9.17) is 23.7 Å². The molecule has 318 valence electrons. The lowest BCUT2D eigenvalue weighted by molar-refractivity contribution is 0.00501. The molecule has 0 fully saturated rings. The molecule has 5 aromatic rings. The van der Waals surface area contributed by atoms with Crippen LogP contribution < -0.4 is 18.9 Å². The molecule has 0 unspecified atom stereocenters. The first-order valence-corrected chi connectivity index (χ1v) is 20.8. The Kier molecular flexibility index (Phi) is 16.3. The molecule has 0 amide bonds. The van der Waals surface area contributed by atoms with Crippen LogP contribution in [-0.2, 0) is 11.3 Å². The van der Waals surface area contributed by atoms with E-state index in [0.29, 0.717) is 36.0 Å². The minimum Gasteiger partial charge on any atom is -0.494 e. The standard InChI is InChI=1S/C50H49F3O8/c1-2-3-4-5-6-7-8-9-10-11-29-58-38-23-25-39(26-24-38)59-33-57-32-34-15-17-35(18-16-34)43-31-44(43)48(54)36-19-21-40(22-20-36)60-49(55)37-13-12-14-41(30-37)61-50(56)42-27-28-45(51)47(53)46(42)52/h12-28,30H,2-11,29,31-33H2,1H3. The summed E-state index contributed by atoms with van der Waals surface area (Å²) >= 11 is 0. The van der Waals surface area contributed by atoms with Gasteiger partial charge >= 0.3 is 11.9 Å². The summed E-state index contributed by atoms with van der Waals surface area (Å²) in [6.45, 7) is 3.43. The number of allylic oxidation sites excluding steroid dienone is 2. The van der Waals surface area contributed by atoms with Crippen molar-refractivity contribution >= 4 is 23.3 Å². The van der Waals surface area contributed by atoms with Crippen LogP contribution in [0.1, 0.15) is 120 Å². The molecule has 0 heterocycles. The van der Waals surface area contributed by atoms with Crippen molar-refractivity contribution in [3.8, 4) is 23.0 Å². The summed E-state index contributed by atoms with van der Waals surface area (Å²) < 4.78 is 68.7. The average Bonchev–Trinajstić information content (AvgIpc) is 4.08. The van der Waals surface area contributed by atoms with Crippen molar-refractivity contribution < 1.29 is 51.2 Å². The fourth-order valence-corrected chi connectivity index (χ4v) is 6.66. The molecule has 1 aliphatic carbocycles. The van der Waals surface area contributed by atoms with Gasteiger partial charge in [-0.2, -0.15) is 0 Å². The largest absolute Gasteiger partial charge is 0.494 e. The number of Topliss-reactive ketones (excluding diaryl/α,β-unsaturated/α-hetero) is 1. The van der Waals surface area contributed by atoms with Crippen molar-refractivity contribution in [3.63, 3.8) is 0 Å². The molecular weight excluding hydrogens is 786 g/mol. The van der Waals surface area contributed by atoms with Gasteiger partial charge in [0, 0.05) is 17.6 Å². The zero-order valence-electron chi connectivity index (χ0n) is 34.2. The van der Waals surface area contributed by atoms with Crippen LogP contribution in [0, 0.1) is 17.5 Å². The summed E-state index contributed by atoms with van der Waals surface area (Å²) in [5.41, 5.74) is 3.19. The third kappa shape index (κ3) is 13.1. The molecule has 0 spiro atoms. The third-order valence-electron chi connectivity index (χ3n) is 10.2. The number of halogens is 3. The van der Waals surface area contributed by atoms with Crippen molar-refractivity contribution in [1.82, 2.24) is 0 Å². The highest BCUT2D eigenvalue weighted by molar-refractivity contribution is 6.20. The number of ether oxygens (including phenoxy) is 5. The summed E-state index contributed by atoms with van der Waals surface area (Å²) in [5, 5.41) is 0. The van der Waals surface area contributed by atoms with Gasteiger partial charge in [-0.3, -0.25) is 4.79 Å². The molecule has 0 aliphatic heterocycles. The van der Waals surface area contributed by atoms with E-state index in [1.54, 1.807) is 12.1 Å². The number of carbonyl (C=O) groups is 3. The normalized spacial score (nSPS) is 11.9. The number of ketones is 1. The van der Waals surface area contributed by atoms with Crippen LogP contribution in [0.2, 0.25) is 0 Å². The first-order valence-electron chi connectivity index (χ1n) is 20.8. The molecule has 11 heteroatoms. The Morgan fingerprint density at radius 1 is 0.574 bits per heavy atom. The van der Waals surface area contributed by atoms with Gasteiger partial charge in [0.2, 0.25) is 0 Å². The molecule has 61 heavy (non-hydrogen) atoms. The van der Waals surface area contributed by atoms with Crippen molar-refractivity contribution in [2.75, 3.05) is 13.4 Å². The van der Waals surface area contributed by atoms with Gasteiger partial charge in [-0.05, 0) is 102 Å². The Balaban J connectivity index is 0.883. The predicted molar refractivity (Wildman–Crippen MR) is 225 cm³/mol. The van der Waals surface area contributed by atoms with Gasteiger partial charge in [0.15, 0.2) is 30.0 Å². The van der Waals surface area contributed by atoms with Crippen LogP contribution in [0.3, 0.4) is 0 Å². The van der Waals surface area contributed by atoms with E-state index < -0.39 is 35.0 Å². The molecule has 6 rings (SSSR count). The lowest BCUT2D eigenvalue weighted by Crippen LogP contribution is -2.13. The average molecular weight is 835 g/mol. The van der Waals surface area contributed by atoms with E-state index in [1.165, 1.54) is 94.2 Å². The topological polar surface area (TPSA) is 97.4 Å². The summed E-state index contributed by atoms with van der Waals surface area (Å²) in [7, 11) is 0. The number of rotatable bonds is 24. The first kappa shape index (κ1) is 44.4. The maximum atomic E-state index is 14.0. The zero-order valence-corrected chi connectivity index (χ0v) is 34.2. The predicted octanol–water partition coefficient (Wildman–Crippen LogP) is 12.4. The number of hydrogen-bond acceptors (Lipinski definition) is 8. The van der Waals surface area contributed by atoms with Gasteiger partial charge in [-0.1, -0.05) is 95.0 Å². The van der Waals surface area contributed by atoms with E-state index in [1.807, 2.05) is 48.5 Å². The minimum atomic E-state index is -1.80. The van der Waals surface area contributed by atoms with Gasteiger partial charge in [0.25, 0.3) is 0 Å². The Labute approximate surface area is 354 Å². The third-order valence-corrected chi connectivity index (χ3v) is 10.2. The Bertz CT molecular complexity index is 2290. The van der Waals surface area contributed by atoms with Gasteiger partial charge < -0.3 is 23.7 Å². The van der Waals surface area contributed by atoms with Crippen molar-refractivity contribution in [3.05, 3.63) is 160 Å². The lowest BCUT2D eigenvalue weighted by Gasteiger charge is -2.09. The summed E-state index contributed by atoms with van der Waals surface area (Å²) in [6.07, 6.45) is 13.5. The van der Waals surface area contributed by atoms with Crippen LogP contribution in [0.15, 0.2) is 115 Å². The van der Waals surface area contributed by atoms with Crippen LogP contribution in [0.25, 0.3) is 5.57 Å². The number of unbranched alkanes of at least 4 members (excludes halogenated alkanes) is 9. The maximum Gasteiger partial charge on any atom is 0.346 e. The van der Waals surface area contributed by atoms with Crippen LogP contribution in [0.4, 0.5) is 13.2 Å². The van der Waals surface area contributed by atoms with Crippen LogP contribution in [0.5, 0.6) is 23.0 Å². The summed E-state index contributed by atoms with van der Waals surface area (Å²) in [4.78, 5) is 38.4. The quantitative estimate of drug-likeness (QED) is 0.0151. The van der Waals surface area contributed by atoms with Crippen LogP contribution >= 0.6 is 0 Å². The molecule has 0 atom stereocenters. The molecule has 5 aromatic carbocycles. The fourth-order valence-electron chi connectivity index (χ4n) is 6.66. The molecular formula is C50H49F3O8. The van der Waals surface area contributed by atoms with Crippen molar-refractivity contribution in [2.24, 2.45) is 0 Å².